The molecule has 0 atom stereocenters. The van der Waals surface area contributed by atoms with Crippen LogP contribution in [0.1, 0.15) is 26.4 Å². The predicted molar refractivity (Wildman–Crippen MR) is 123 cm³/mol. The minimum Gasteiger partial charge on any atom is -0.493 e. The lowest BCUT2D eigenvalue weighted by Gasteiger charge is -2.14. The van der Waals surface area contributed by atoms with Gasteiger partial charge in [0.1, 0.15) is 0 Å². The van der Waals surface area contributed by atoms with Crippen LogP contribution in [0.15, 0.2) is 42.6 Å². The van der Waals surface area contributed by atoms with E-state index in [4.69, 9.17) is 19.9 Å². The van der Waals surface area contributed by atoms with Crippen molar-refractivity contribution in [1.29, 1.82) is 0 Å². The SMILES string of the molecule is CNC(=O)c1nc(-c2cccc(C(=O)NCc3cc(OC)c(OC)c(OC)c3)c2)cnc1N. The lowest BCUT2D eigenvalue weighted by atomic mass is 10.1. The summed E-state index contributed by atoms with van der Waals surface area (Å²) in [5.41, 5.74) is 8.00. The maximum Gasteiger partial charge on any atom is 0.273 e. The summed E-state index contributed by atoms with van der Waals surface area (Å²) >= 11 is 0. The van der Waals surface area contributed by atoms with Crippen LogP contribution in [0.2, 0.25) is 0 Å². The van der Waals surface area contributed by atoms with Gasteiger partial charge in [0.25, 0.3) is 11.8 Å². The number of nitrogens with one attached hydrogen (secondary N) is 2. The highest BCUT2D eigenvalue weighted by Gasteiger charge is 2.16. The molecule has 1 heterocycles. The highest BCUT2D eigenvalue weighted by Crippen LogP contribution is 2.38. The average Bonchev–Trinajstić information content (AvgIpc) is 2.86. The Hall–Kier alpha value is -4.34. The number of nitrogens with two attached hydrogens (primary N) is 1. The van der Waals surface area contributed by atoms with Crippen molar-refractivity contribution in [3.63, 3.8) is 0 Å². The predicted octanol–water partition coefficient (Wildman–Crippen LogP) is 2.04. The fraction of sp³-hybridized carbons (Fsp3) is 0.217. The molecule has 0 aliphatic heterocycles. The summed E-state index contributed by atoms with van der Waals surface area (Å²) in [6.07, 6.45) is 1.45. The van der Waals surface area contributed by atoms with Gasteiger partial charge in [0.15, 0.2) is 23.0 Å². The van der Waals surface area contributed by atoms with Crippen LogP contribution in [-0.2, 0) is 6.54 Å². The van der Waals surface area contributed by atoms with Crippen molar-refractivity contribution >= 4 is 17.6 Å². The van der Waals surface area contributed by atoms with Gasteiger partial charge >= 0.3 is 0 Å². The average molecular weight is 451 g/mol. The summed E-state index contributed by atoms with van der Waals surface area (Å²) < 4.78 is 16.0. The monoisotopic (exact) mass is 451 g/mol. The first-order valence-electron chi connectivity index (χ1n) is 9.93. The zero-order valence-corrected chi connectivity index (χ0v) is 18.8. The number of carbonyl (C=O) groups is 2. The molecule has 3 rings (SSSR count). The van der Waals surface area contributed by atoms with Crippen LogP contribution in [0.25, 0.3) is 11.3 Å². The second-order valence-corrected chi connectivity index (χ2v) is 6.87. The highest BCUT2D eigenvalue weighted by atomic mass is 16.5. The van der Waals surface area contributed by atoms with Gasteiger partial charge in [-0.1, -0.05) is 12.1 Å². The van der Waals surface area contributed by atoms with Gasteiger partial charge in [-0.25, -0.2) is 9.97 Å². The molecular weight excluding hydrogens is 426 g/mol. The van der Waals surface area contributed by atoms with Gasteiger partial charge in [-0.3, -0.25) is 9.59 Å². The van der Waals surface area contributed by atoms with Gasteiger partial charge < -0.3 is 30.6 Å². The quantitative estimate of drug-likeness (QED) is 0.473. The number of benzene rings is 2. The van der Waals surface area contributed by atoms with E-state index in [0.717, 1.165) is 5.56 Å². The van der Waals surface area contributed by atoms with E-state index >= 15 is 0 Å². The first-order chi connectivity index (χ1) is 15.9. The van der Waals surface area contributed by atoms with Crippen LogP contribution in [-0.4, -0.2) is 50.2 Å². The molecule has 0 saturated heterocycles. The number of carbonyl (C=O) groups excluding carboxylic acids is 2. The molecule has 0 unspecified atom stereocenters. The number of hydrogen-bond donors (Lipinski definition) is 3. The van der Waals surface area contributed by atoms with E-state index in [0.29, 0.717) is 34.1 Å². The maximum absolute atomic E-state index is 12.8. The Morgan fingerprint density at radius 2 is 1.70 bits per heavy atom. The van der Waals surface area contributed by atoms with Crippen molar-refractivity contribution < 1.29 is 23.8 Å². The Morgan fingerprint density at radius 1 is 1.00 bits per heavy atom. The Labute approximate surface area is 191 Å². The van der Waals surface area contributed by atoms with E-state index in [-0.39, 0.29) is 24.0 Å². The molecule has 10 heteroatoms. The van der Waals surface area contributed by atoms with Crippen molar-refractivity contribution in [2.24, 2.45) is 0 Å². The summed E-state index contributed by atoms with van der Waals surface area (Å²) in [5, 5.41) is 5.35. The summed E-state index contributed by atoms with van der Waals surface area (Å²) in [6, 6.07) is 10.4. The molecule has 0 radical (unpaired) electrons. The third-order valence-electron chi connectivity index (χ3n) is 4.84. The van der Waals surface area contributed by atoms with Crippen LogP contribution >= 0.6 is 0 Å². The van der Waals surface area contributed by atoms with E-state index in [9.17, 15) is 9.59 Å². The third-order valence-corrected chi connectivity index (χ3v) is 4.84. The fourth-order valence-corrected chi connectivity index (χ4v) is 3.16. The first kappa shape index (κ1) is 23.3. The molecule has 0 aliphatic rings. The molecule has 1 aromatic heterocycles. The van der Waals surface area contributed by atoms with Crippen LogP contribution in [0.5, 0.6) is 17.2 Å². The minimum atomic E-state index is -0.443. The molecule has 0 fully saturated rings. The highest BCUT2D eigenvalue weighted by molar-refractivity contribution is 5.97. The van der Waals surface area contributed by atoms with E-state index in [2.05, 4.69) is 20.6 Å². The molecule has 0 bridgehead atoms. The molecule has 0 spiro atoms. The molecule has 0 aliphatic carbocycles. The minimum absolute atomic E-state index is 0.0206. The number of nitrogens with zero attached hydrogens (tertiary/aromatic N) is 2. The molecule has 172 valence electrons. The number of amides is 2. The third kappa shape index (κ3) is 5.12. The number of ether oxygens (including phenoxy) is 3. The molecule has 2 aromatic carbocycles. The summed E-state index contributed by atoms with van der Waals surface area (Å²) in [6.45, 7) is 0.238. The van der Waals surface area contributed by atoms with E-state index in [1.807, 2.05) is 0 Å². The van der Waals surface area contributed by atoms with Gasteiger partial charge in [-0.2, -0.15) is 0 Å². The van der Waals surface area contributed by atoms with Gasteiger partial charge in [0.2, 0.25) is 5.75 Å². The summed E-state index contributed by atoms with van der Waals surface area (Å²) in [7, 11) is 6.06. The van der Waals surface area contributed by atoms with Crippen LogP contribution in [0.4, 0.5) is 5.82 Å². The summed E-state index contributed by atoms with van der Waals surface area (Å²) in [5.74, 6) is 0.761. The van der Waals surface area contributed by atoms with Crippen molar-refractivity contribution in [3.8, 4) is 28.5 Å². The van der Waals surface area contributed by atoms with Gasteiger partial charge in [-0.15, -0.1) is 0 Å². The molecule has 10 nitrogen and oxygen atoms in total. The number of aromatic nitrogens is 2. The van der Waals surface area contributed by atoms with Gasteiger partial charge in [0.05, 0.1) is 33.2 Å². The molecule has 3 aromatic rings. The molecule has 33 heavy (non-hydrogen) atoms. The molecule has 2 amide bonds. The van der Waals surface area contributed by atoms with Crippen molar-refractivity contribution in [3.05, 3.63) is 59.4 Å². The second-order valence-electron chi connectivity index (χ2n) is 6.87. The maximum atomic E-state index is 12.8. The summed E-state index contributed by atoms with van der Waals surface area (Å²) in [4.78, 5) is 33.1. The van der Waals surface area contributed by atoms with E-state index in [1.165, 1.54) is 34.6 Å². The largest absolute Gasteiger partial charge is 0.493 e. The molecular formula is C23H25N5O5. The zero-order valence-electron chi connectivity index (χ0n) is 18.8. The van der Waals surface area contributed by atoms with Gasteiger partial charge in [0, 0.05) is 24.7 Å². The van der Waals surface area contributed by atoms with E-state index in [1.54, 1.807) is 36.4 Å². The second kappa shape index (κ2) is 10.3. The molecule has 4 N–H and O–H groups in total. The fourth-order valence-electron chi connectivity index (χ4n) is 3.16. The zero-order chi connectivity index (χ0) is 24.0. The number of anilines is 1. The standard InChI is InChI=1S/C23H25N5O5/c1-25-23(30)19-21(24)26-12-16(28-19)14-6-5-7-15(10-14)22(29)27-11-13-8-17(31-2)20(33-4)18(9-13)32-3/h5-10,12H,11H2,1-4H3,(H2,24,26)(H,25,30)(H,27,29). The first-order valence-corrected chi connectivity index (χ1v) is 9.93. The van der Waals surface area contributed by atoms with Crippen LogP contribution < -0.4 is 30.6 Å². The number of nitrogen functional groups attached to an aromatic ring is 1. The Balaban J connectivity index is 1.81. The number of rotatable bonds is 8. The Bertz CT molecular complexity index is 1160. The van der Waals surface area contributed by atoms with Crippen molar-refractivity contribution in [2.45, 2.75) is 6.54 Å². The topological polar surface area (TPSA) is 138 Å². The smallest absolute Gasteiger partial charge is 0.273 e. The van der Waals surface area contributed by atoms with Gasteiger partial charge in [-0.05, 0) is 29.8 Å². The van der Waals surface area contributed by atoms with Crippen LogP contribution in [0.3, 0.4) is 0 Å². The van der Waals surface area contributed by atoms with E-state index < -0.39 is 5.91 Å². The number of methoxy groups -OCH3 is 3. The van der Waals surface area contributed by atoms with Crippen LogP contribution in [0, 0.1) is 0 Å². The van der Waals surface area contributed by atoms with Crippen molar-refractivity contribution in [1.82, 2.24) is 20.6 Å². The number of hydrogen-bond acceptors (Lipinski definition) is 8. The molecule has 0 saturated carbocycles. The Morgan fingerprint density at radius 3 is 2.30 bits per heavy atom. The Kier molecular flexibility index (Phi) is 7.29. The lowest BCUT2D eigenvalue weighted by molar-refractivity contribution is 0.0945. The van der Waals surface area contributed by atoms with Crippen molar-refractivity contribution in [2.75, 3.05) is 34.1 Å². The lowest BCUT2D eigenvalue weighted by Crippen LogP contribution is -2.23. The normalized spacial score (nSPS) is 10.3.